The third-order valence-electron chi connectivity index (χ3n) is 4.22. The molecule has 0 spiro atoms. The minimum atomic E-state index is -1.75. The molecule has 0 aliphatic rings. The van der Waals surface area contributed by atoms with Crippen molar-refractivity contribution in [1.82, 2.24) is 19.4 Å². The van der Waals surface area contributed by atoms with Crippen LogP contribution in [-0.2, 0) is 6.54 Å². The van der Waals surface area contributed by atoms with Crippen molar-refractivity contribution in [1.29, 1.82) is 15.8 Å². The molecule has 0 saturated heterocycles. The van der Waals surface area contributed by atoms with Crippen LogP contribution in [0.1, 0.15) is 52.0 Å². The Morgan fingerprint density at radius 1 is 0.761 bits per heavy atom. The molecule has 0 saturated carbocycles. The van der Waals surface area contributed by atoms with Gasteiger partial charge in [-0.05, 0) is 45.0 Å². The van der Waals surface area contributed by atoms with Crippen molar-refractivity contribution >= 4 is 16.9 Å². The molecule has 3 rings (SSSR count). The molecule has 21 heteroatoms. The molecule has 0 N–H and O–H groups in total. The van der Waals surface area contributed by atoms with Crippen LogP contribution in [0, 0.1) is 129 Å². The van der Waals surface area contributed by atoms with E-state index in [1.165, 1.54) is 20.8 Å². The summed E-state index contributed by atoms with van der Waals surface area (Å²) in [6.07, 6.45) is 0. The van der Waals surface area contributed by atoms with Gasteiger partial charge in [-0.15, -0.1) is 0 Å². The average molecular weight is 784 g/mol. The van der Waals surface area contributed by atoms with Gasteiger partial charge in [0.2, 0.25) is 0 Å². The fourth-order valence-corrected chi connectivity index (χ4v) is 2.94. The molecule has 0 aliphatic heterocycles. The van der Waals surface area contributed by atoms with Gasteiger partial charge in [0.15, 0.2) is 5.82 Å². The van der Waals surface area contributed by atoms with Crippen LogP contribution in [-0.4, -0.2) is 53.7 Å². The van der Waals surface area contributed by atoms with E-state index in [4.69, 9.17) is 66.7 Å². The van der Waals surface area contributed by atoms with Crippen molar-refractivity contribution in [3.05, 3.63) is 94.1 Å². The van der Waals surface area contributed by atoms with Gasteiger partial charge in [-0.2, -0.15) is 15.8 Å². The zero-order chi connectivity index (χ0) is 36.0. The predicted octanol–water partition coefficient (Wildman–Crippen LogP) is 4.47. The Balaban J connectivity index is -0.000000210. The number of nitriles is 3. The van der Waals surface area contributed by atoms with Crippen LogP contribution in [0.2, 0.25) is 0 Å². The summed E-state index contributed by atoms with van der Waals surface area (Å²) in [7, 11) is 0. The summed E-state index contributed by atoms with van der Waals surface area (Å²) >= 11 is 0. The molecule has 20 nitrogen and oxygen atoms in total. The SMILES string of the molecule is CC#N.CC#N.CC#N.CCN(CC)C(=O)c1cccc(-c2nc3ccccc3n2CC)n1.O=[N+]([O-])[O-].O=[N+]([O-])[O-].O=[N+]([O-])[O-].[Eu+3]. The van der Waals surface area contributed by atoms with Gasteiger partial charge in [-0.1, -0.05) is 18.2 Å². The molecule has 248 valence electrons. The molecule has 1 amide bonds. The number of hydrogen-bond donors (Lipinski definition) is 0. The van der Waals surface area contributed by atoms with E-state index in [9.17, 15) is 4.79 Å². The maximum atomic E-state index is 12.6. The Morgan fingerprint density at radius 2 is 1.15 bits per heavy atom. The Bertz CT molecular complexity index is 1380. The Kier molecular flexibility index (Phi) is 36.1. The number of amides is 1. The molecular formula is C25H31EuN10O10. The molecule has 2 heterocycles. The summed E-state index contributed by atoms with van der Waals surface area (Å²) in [6, 6.07) is 18.8. The molecule has 0 bridgehead atoms. The summed E-state index contributed by atoms with van der Waals surface area (Å²) in [5, 5.41) is 66.2. The summed E-state index contributed by atoms with van der Waals surface area (Å²) in [6.45, 7) is 12.5. The third kappa shape index (κ3) is 26.6. The van der Waals surface area contributed by atoms with Crippen LogP contribution < -0.4 is 0 Å². The van der Waals surface area contributed by atoms with Crippen LogP contribution >= 0.6 is 0 Å². The maximum Gasteiger partial charge on any atom is 3.00 e. The number of carbonyl (C=O) groups is 1. The Morgan fingerprint density at radius 3 is 1.52 bits per heavy atom. The van der Waals surface area contributed by atoms with Gasteiger partial charge < -0.3 is 55.4 Å². The quantitative estimate of drug-likeness (QED) is 0.254. The van der Waals surface area contributed by atoms with Crippen molar-refractivity contribution in [2.24, 2.45) is 0 Å². The fourth-order valence-electron chi connectivity index (χ4n) is 2.94. The Hall–Kier alpha value is -5.04. The van der Waals surface area contributed by atoms with E-state index < -0.39 is 15.3 Å². The predicted molar refractivity (Wildman–Crippen MR) is 161 cm³/mol. The molecule has 0 radical (unpaired) electrons. The first-order chi connectivity index (χ1) is 21.1. The monoisotopic (exact) mass is 784 g/mol. The van der Waals surface area contributed by atoms with Gasteiger partial charge in [-0.3, -0.25) is 4.79 Å². The van der Waals surface area contributed by atoms with E-state index in [0.29, 0.717) is 18.8 Å². The second-order valence-electron chi connectivity index (χ2n) is 6.90. The number of fused-ring (bicyclic) bond motifs is 1. The van der Waals surface area contributed by atoms with E-state index in [2.05, 4.69) is 22.5 Å². The largest absolute Gasteiger partial charge is 3.00 e. The molecule has 46 heavy (non-hydrogen) atoms. The van der Waals surface area contributed by atoms with Gasteiger partial charge in [0.1, 0.15) is 11.4 Å². The molecule has 0 unspecified atom stereocenters. The van der Waals surface area contributed by atoms with Crippen molar-refractivity contribution in [2.45, 2.75) is 48.1 Å². The minimum absolute atomic E-state index is 0. The van der Waals surface area contributed by atoms with Crippen LogP contribution in [0.4, 0.5) is 0 Å². The molecule has 2 aromatic heterocycles. The molecule has 3 aromatic rings. The number of hydrogen-bond acceptors (Lipinski definition) is 15. The van der Waals surface area contributed by atoms with Crippen molar-refractivity contribution in [2.75, 3.05) is 13.1 Å². The molecule has 1 aromatic carbocycles. The van der Waals surface area contributed by atoms with Gasteiger partial charge in [0.05, 0.1) is 44.5 Å². The number of aromatic nitrogens is 3. The maximum absolute atomic E-state index is 12.6. The normalized spacial score (nSPS) is 7.80. The van der Waals surface area contributed by atoms with E-state index in [1.54, 1.807) is 29.2 Å². The summed E-state index contributed by atoms with van der Waals surface area (Å²) in [5.74, 6) is 0.758. The molecule has 0 fully saturated rings. The number of para-hydroxylation sites is 2. The standard InChI is InChI=1S/C19H22N4O.3C2H3N.Eu.3NO3/c1-4-22(5-2)19(24)16-12-9-11-15(20-16)18-21-14-10-7-8-13-17(14)23(18)6-3;3*1-2-3;;3*2-1(3)4/h7-13H,4-6H2,1-3H3;3*1H3;;;;/q;;;;+3;3*-1. The number of carbonyl (C=O) groups excluding carboxylic acids is 1. The van der Waals surface area contributed by atoms with Crippen molar-refractivity contribution < 1.29 is 69.4 Å². The van der Waals surface area contributed by atoms with E-state index in [0.717, 1.165) is 29.1 Å². The van der Waals surface area contributed by atoms with Crippen LogP contribution in [0.3, 0.4) is 0 Å². The van der Waals surface area contributed by atoms with Crippen LogP contribution in [0.15, 0.2) is 42.5 Å². The first kappa shape index (κ1) is 50.6. The number of pyridine rings is 1. The zero-order valence-electron chi connectivity index (χ0n) is 25.6. The number of rotatable bonds is 5. The molecule has 0 aliphatic carbocycles. The first-order valence-electron chi connectivity index (χ1n) is 12.2. The number of aryl methyl sites for hydroxylation is 1. The number of imidazole rings is 1. The molecule has 0 atom stereocenters. The van der Waals surface area contributed by atoms with Gasteiger partial charge >= 0.3 is 49.4 Å². The topological polar surface area (TPSA) is 321 Å². The fraction of sp³-hybridized carbons (Fsp3) is 0.360. The minimum Gasteiger partial charge on any atom is -0.356 e. The second-order valence-corrected chi connectivity index (χ2v) is 6.90. The smallest absolute Gasteiger partial charge is 0.356 e. The van der Waals surface area contributed by atoms with Crippen molar-refractivity contribution in [3.8, 4) is 29.7 Å². The van der Waals surface area contributed by atoms with Gasteiger partial charge in [-0.25, -0.2) is 9.97 Å². The van der Waals surface area contributed by atoms with Crippen molar-refractivity contribution in [3.63, 3.8) is 0 Å². The second kappa shape index (κ2) is 32.9. The third-order valence-corrected chi connectivity index (χ3v) is 4.22. The zero-order valence-corrected chi connectivity index (χ0v) is 28.0. The first-order valence-corrected chi connectivity index (χ1v) is 12.2. The van der Waals surface area contributed by atoms with Crippen LogP contribution in [0.25, 0.3) is 22.6 Å². The average Bonchev–Trinajstić information content (AvgIpc) is 3.33. The molecular weight excluding hydrogens is 752 g/mol. The number of nitrogens with zero attached hydrogens (tertiary/aromatic N) is 10. The van der Waals surface area contributed by atoms with Crippen LogP contribution in [0.5, 0.6) is 0 Å². The van der Waals surface area contributed by atoms with E-state index in [1.807, 2.05) is 44.2 Å². The summed E-state index contributed by atoms with van der Waals surface area (Å²) in [5.41, 5.74) is 3.21. The van der Waals surface area contributed by atoms with E-state index in [-0.39, 0.29) is 55.3 Å². The Labute approximate surface area is 304 Å². The van der Waals surface area contributed by atoms with Gasteiger partial charge in [0, 0.05) is 40.4 Å². The van der Waals surface area contributed by atoms with E-state index >= 15 is 0 Å². The number of benzene rings is 1. The summed E-state index contributed by atoms with van der Waals surface area (Å²) in [4.78, 5) is 48.4. The summed E-state index contributed by atoms with van der Waals surface area (Å²) < 4.78 is 2.13. The van der Waals surface area contributed by atoms with Gasteiger partial charge in [0.25, 0.3) is 5.91 Å².